The predicted molar refractivity (Wildman–Crippen MR) is 75.5 cm³/mol. The zero-order valence-corrected chi connectivity index (χ0v) is 11.2. The van der Waals surface area contributed by atoms with Gasteiger partial charge in [0.2, 0.25) is 5.82 Å². The Labute approximate surface area is 120 Å². The fraction of sp³-hybridized carbons (Fsp3) is 0.0714. The van der Waals surface area contributed by atoms with Crippen LogP contribution in [-0.4, -0.2) is 25.3 Å². The summed E-state index contributed by atoms with van der Waals surface area (Å²) < 4.78 is 0. The van der Waals surface area contributed by atoms with Crippen molar-refractivity contribution in [3.05, 3.63) is 59.1 Å². The molecule has 0 saturated carbocycles. The summed E-state index contributed by atoms with van der Waals surface area (Å²) in [6.07, 6.45) is 0. The Bertz CT molecular complexity index is 727. The van der Waals surface area contributed by atoms with Crippen LogP contribution in [0.1, 0.15) is 5.56 Å². The summed E-state index contributed by atoms with van der Waals surface area (Å²) in [7, 11) is 0. The number of aliphatic hydroxyl groups is 1. The van der Waals surface area contributed by atoms with Gasteiger partial charge in [0.15, 0.2) is 0 Å². The average Bonchev–Trinajstić information content (AvgIpc) is 2.97. The number of rotatable bonds is 3. The van der Waals surface area contributed by atoms with Crippen molar-refractivity contribution in [3.63, 3.8) is 0 Å². The zero-order valence-electron chi connectivity index (χ0n) is 10.4. The highest BCUT2D eigenvalue weighted by Crippen LogP contribution is 2.20. The first-order chi connectivity index (χ1) is 9.78. The number of tetrazole rings is 1. The molecule has 0 spiro atoms. The first-order valence-corrected chi connectivity index (χ1v) is 6.41. The molecular formula is C14H11ClN4O. The van der Waals surface area contributed by atoms with E-state index in [9.17, 15) is 5.11 Å². The van der Waals surface area contributed by atoms with Crippen molar-refractivity contribution in [2.24, 2.45) is 0 Å². The lowest BCUT2D eigenvalue weighted by atomic mass is 10.2. The molecule has 0 aliphatic heterocycles. The van der Waals surface area contributed by atoms with E-state index in [2.05, 4.69) is 15.4 Å². The maximum atomic E-state index is 9.38. The van der Waals surface area contributed by atoms with E-state index in [0.29, 0.717) is 22.1 Å². The summed E-state index contributed by atoms with van der Waals surface area (Å²) in [6, 6.07) is 14.7. The van der Waals surface area contributed by atoms with Crippen LogP contribution in [0.15, 0.2) is 48.5 Å². The van der Waals surface area contributed by atoms with Crippen LogP contribution in [0.25, 0.3) is 17.1 Å². The topological polar surface area (TPSA) is 63.8 Å². The summed E-state index contributed by atoms with van der Waals surface area (Å²) in [4.78, 5) is 1.39. The largest absolute Gasteiger partial charge is 0.392 e. The molecule has 2 aromatic carbocycles. The van der Waals surface area contributed by atoms with Crippen molar-refractivity contribution in [1.82, 2.24) is 20.2 Å². The second-order valence-electron chi connectivity index (χ2n) is 4.20. The molecule has 0 unspecified atom stereocenters. The minimum absolute atomic E-state index is 0.141. The third-order valence-corrected chi connectivity index (χ3v) is 3.11. The van der Waals surface area contributed by atoms with Crippen molar-refractivity contribution >= 4 is 11.6 Å². The van der Waals surface area contributed by atoms with E-state index in [-0.39, 0.29) is 6.61 Å². The predicted octanol–water partition coefficient (Wildman–Crippen LogP) is 2.47. The molecule has 0 radical (unpaired) electrons. The Kier molecular flexibility index (Phi) is 3.45. The van der Waals surface area contributed by atoms with Gasteiger partial charge in [0, 0.05) is 16.1 Å². The number of halogens is 1. The van der Waals surface area contributed by atoms with Crippen molar-refractivity contribution in [2.75, 3.05) is 0 Å². The van der Waals surface area contributed by atoms with Crippen LogP contribution < -0.4 is 0 Å². The van der Waals surface area contributed by atoms with Gasteiger partial charge in [-0.15, -0.1) is 15.0 Å². The van der Waals surface area contributed by atoms with Gasteiger partial charge < -0.3 is 5.11 Å². The first-order valence-electron chi connectivity index (χ1n) is 6.03. The number of hydrogen-bond donors (Lipinski definition) is 1. The Morgan fingerprint density at radius 3 is 2.65 bits per heavy atom. The molecule has 0 bridgehead atoms. The molecule has 1 N–H and O–H groups in total. The van der Waals surface area contributed by atoms with Gasteiger partial charge in [-0.3, -0.25) is 0 Å². The van der Waals surface area contributed by atoms with E-state index in [1.165, 1.54) is 4.80 Å². The lowest BCUT2D eigenvalue weighted by molar-refractivity contribution is 0.281. The molecule has 3 aromatic rings. The van der Waals surface area contributed by atoms with Crippen LogP contribution in [-0.2, 0) is 6.61 Å². The number of nitrogens with zero attached hydrogens (tertiary/aromatic N) is 4. The van der Waals surface area contributed by atoms with Crippen molar-refractivity contribution in [2.45, 2.75) is 6.61 Å². The van der Waals surface area contributed by atoms with E-state index in [1.54, 1.807) is 18.2 Å². The standard InChI is InChI=1S/C14H11ClN4O/c15-12-6-7-13(11(8-12)9-20)19-17-14(16-18-19)10-4-2-1-3-5-10/h1-8,20H,9H2. The monoisotopic (exact) mass is 286 g/mol. The van der Waals surface area contributed by atoms with E-state index in [0.717, 1.165) is 5.56 Å². The van der Waals surface area contributed by atoms with Crippen LogP contribution in [0.4, 0.5) is 0 Å². The third kappa shape index (κ3) is 2.41. The molecule has 0 aliphatic rings. The van der Waals surface area contributed by atoms with Crippen LogP contribution in [0.3, 0.4) is 0 Å². The SMILES string of the molecule is OCc1cc(Cl)ccc1-n1nnc(-c2ccccc2)n1. The highest BCUT2D eigenvalue weighted by Gasteiger charge is 2.10. The number of benzene rings is 2. The fourth-order valence-electron chi connectivity index (χ4n) is 1.90. The molecular weight excluding hydrogens is 276 g/mol. The van der Waals surface area contributed by atoms with Crippen molar-refractivity contribution < 1.29 is 5.11 Å². The molecule has 0 amide bonds. The van der Waals surface area contributed by atoms with Crippen LogP contribution >= 0.6 is 11.6 Å². The van der Waals surface area contributed by atoms with Gasteiger partial charge in [0.1, 0.15) is 0 Å². The summed E-state index contributed by atoms with van der Waals surface area (Å²) >= 11 is 5.91. The number of hydrogen-bond acceptors (Lipinski definition) is 4. The van der Waals surface area contributed by atoms with Crippen LogP contribution in [0.5, 0.6) is 0 Å². The lowest BCUT2D eigenvalue weighted by Gasteiger charge is -2.05. The second-order valence-corrected chi connectivity index (χ2v) is 4.64. The Hall–Kier alpha value is -2.24. The first kappa shape index (κ1) is 12.8. The summed E-state index contributed by atoms with van der Waals surface area (Å²) in [5.41, 5.74) is 2.19. The van der Waals surface area contributed by atoms with Gasteiger partial charge in [-0.05, 0) is 23.4 Å². The molecule has 0 fully saturated rings. The molecule has 0 saturated heterocycles. The Morgan fingerprint density at radius 1 is 1.10 bits per heavy atom. The van der Waals surface area contributed by atoms with Gasteiger partial charge in [0.25, 0.3) is 0 Å². The lowest BCUT2D eigenvalue weighted by Crippen LogP contribution is -2.03. The minimum atomic E-state index is -0.141. The summed E-state index contributed by atoms with van der Waals surface area (Å²) in [5.74, 6) is 0.532. The van der Waals surface area contributed by atoms with Gasteiger partial charge in [-0.1, -0.05) is 41.9 Å². The molecule has 6 heteroatoms. The highest BCUT2D eigenvalue weighted by molar-refractivity contribution is 6.30. The van der Waals surface area contributed by atoms with E-state index in [4.69, 9.17) is 11.6 Å². The molecule has 3 rings (SSSR count). The van der Waals surface area contributed by atoms with Gasteiger partial charge >= 0.3 is 0 Å². The maximum Gasteiger partial charge on any atom is 0.205 e. The second kappa shape index (κ2) is 5.40. The van der Waals surface area contributed by atoms with Crippen LogP contribution in [0, 0.1) is 0 Å². The fourth-order valence-corrected chi connectivity index (χ4v) is 2.09. The maximum absolute atomic E-state index is 9.38. The summed E-state index contributed by atoms with van der Waals surface area (Å²) in [6.45, 7) is -0.141. The molecule has 0 aliphatic carbocycles. The van der Waals surface area contributed by atoms with Crippen molar-refractivity contribution in [1.29, 1.82) is 0 Å². The Balaban J connectivity index is 2.02. The van der Waals surface area contributed by atoms with E-state index >= 15 is 0 Å². The quantitative estimate of drug-likeness (QED) is 0.803. The average molecular weight is 287 g/mol. The molecule has 100 valence electrons. The van der Waals surface area contributed by atoms with Crippen LogP contribution in [0.2, 0.25) is 5.02 Å². The molecule has 1 heterocycles. The normalized spacial score (nSPS) is 10.7. The molecule has 5 nitrogen and oxygen atoms in total. The number of aromatic nitrogens is 4. The highest BCUT2D eigenvalue weighted by atomic mass is 35.5. The minimum Gasteiger partial charge on any atom is -0.392 e. The zero-order chi connectivity index (χ0) is 13.9. The van der Waals surface area contributed by atoms with Gasteiger partial charge in [-0.25, -0.2) is 0 Å². The molecule has 20 heavy (non-hydrogen) atoms. The summed E-state index contributed by atoms with van der Waals surface area (Å²) in [5, 5.41) is 22.3. The molecule has 1 aromatic heterocycles. The van der Waals surface area contributed by atoms with E-state index < -0.39 is 0 Å². The smallest absolute Gasteiger partial charge is 0.205 e. The van der Waals surface area contributed by atoms with Crippen molar-refractivity contribution in [3.8, 4) is 17.1 Å². The third-order valence-electron chi connectivity index (χ3n) is 2.87. The number of aliphatic hydroxyl groups excluding tert-OH is 1. The molecule has 0 atom stereocenters. The Morgan fingerprint density at radius 2 is 1.90 bits per heavy atom. The van der Waals surface area contributed by atoms with Gasteiger partial charge in [-0.2, -0.15) is 0 Å². The van der Waals surface area contributed by atoms with Gasteiger partial charge in [0.05, 0.1) is 12.3 Å². The van der Waals surface area contributed by atoms with E-state index in [1.807, 2.05) is 30.3 Å².